The highest BCUT2D eigenvalue weighted by atomic mass is 32.2. The summed E-state index contributed by atoms with van der Waals surface area (Å²) in [5.41, 5.74) is 0.112. The Kier molecular flexibility index (Phi) is 3.54. The largest absolute Gasteiger partial charge is 0.367 e. The number of nitrogens with zero attached hydrogens (tertiary/aromatic N) is 1. The average Bonchev–Trinajstić information content (AvgIpc) is 2.32. The molecular weight excluding hydrogens is 262 g/mol. The molecule has 0 atom stereocenters. The van der Waals surface area contributed by atoms with Gasteiger partial charge in [0.25, 0.3) is 0 Å². The first-order valence-corrected chi connectivity index (χ1v) is 7.44. The van der Waals surface area contributed by atoms with Crippen LogP contribution in [0.1, 0.15) is 0 Å². The molecule has 1 aliphatic heterocycles. The highest BCUT2D eigenvalue weighted by Gasteiger charge is 2.23. The zero-order chi connectivity index (χ0) is 13.3. The molecule has 1 saturated heterocycles. The van der Waals surface area contributed by atoms with Gasteiger partial charge in [0, 0.05) is 32.4 Å². The van der Waals surface area contributed by atoms with Crippen LogP contribution in [-0.4, -0.2) is 40.9 Å². The Morgan fingerprint density at radius 3 is 2.33 bits per heavy atom. The number of halogens is 2. The van der Waals surface area contributed by atoms with Gasteiger partial charge in [-0.1, -0.05) is 0 Å². The van der Waals surface area contributed by atoms with Gasteiger partial charge in [0.2, 0.25) is 0 Å². The molecule has 18 heavy (non-hydrogen) atoms. The van der Waals surface area contributed by atoms with Crippen LogP contribution in [0.5, 0.6) is 0 Å². The molecule has 1 aromatic carbocycles. The maximum Gasteiger partial charge on any atom is 0.183 e. The SMILES string of the molecule is CS(=O)(=O)c1ccc(N2CCNCC2)c(F)c1F. The van der Waals surface area contributed by atoms with Crippen molar-refractivity contribution in [3.8, 4) is 0 Å². The first kappa shape index (κ1) is 13.2. The number of hydrogen-bond donors (Lipinski definition) is 1. The Bertz CT molecular complexity index is 554. The highest BCUT2D eigenvalue weighted by molar-refractivity contribution is 7.90. The smallest absolute Gasteiger partial charge is 0.183 e. The van der Waals surface area contributed by atoms with E-state index in [2.05, 4.69) is 5.32 Å². The summed E-state index contributed by atoms with van der Waals surface area (Å²) >= 11 is 0. The molecule has 1 heterocycles. The lowest BCUT2D eigenvalue weighted by molar-refractivity contribution is 0.479. The van der Waals surface area contributed by atoms with Gasteiger partial charge in [0.1, 0.15) is 4.90 Å². The van der Waals surface area contributed by atoms with Crippen LogP contribution >= 0.6 is 0 Å². The van der Waals surface area contributed by atoms with E-state index in [4.69, 9.17) is 0 Å². The number of piperazine rings is 1. The van der Waals surface area contributed by atoms with Crippen LogP contribution in [0, 0.1) is 11.6 Å². The van der Waals surface area contributed by atoms with Gasteiger partial charge < -0.3 is 10.2 Å². The first-order valence-electron chi connectivity index (χ1n) is 5.55. The number of sulfone groups is 1. The Labute approximate surface area is 105 Å². The molecule has 0 aromatic heterocycles. The van der Waals surface area contributed by atoms with Gasteiger partial charge in [0.05, 0.1) is 5.69 Å². The average molecular weight is 276 g/mol. The fourth-order valence-corrected chi connectivity index (χ4v) is 2.69. The number of anilines is 1. The molecule has 0 spiro atoms. The number of rotatable bonds is 2. The van der Waals surface area contributed by atoms with E-state index in [-0.39, 0.29) is 5.69 Å². The first-order chi connectivity index (χ1) is 8.41. The summed E-state index contributed by atoms with van der Waals surface area (Å²) < 4.78 is 50.1. The normalized spacial score (nSPS) is 16.9. The van der Waals surface area contributed by atoms with E-state index in [1.165, 1.54) is 6.07 Å². The van der Waals surface area contributed by atoms with Crippen molar-refractivity contribution in [1.29, 1.82) is 0 Å². The Morgan fingerprint density at radius 2 is 1.78 bits per heavy atom. The predicted octanol–water partition coefficient (Wildman–Crippen LogP) is 0.778. The molecule has 1 aliphatic rings. The predicted molar refractivity (Wildman–Crippen MR) is 64.6 cm³/mol. The standard InChI is InChI=1S/C11H14F2N2O2S/c1-18(16,17)9-3-2-8(10(12)11(9)13)15-6-4-14-5-7-15/h2-3,14H,4-7H2,1H3. The minimum Gasteiger partial charge on any atom is -0.367 e. The molecule has 0 aliphatic carbocycles. The van der Waals surface area contributed by atoms with Gasteiger partial charge in [-0.05, 0) is 12.1 Å². The molecule has 1 aromatic rings. The van der Waals surface area contributed by atoms with E-state index in [1.807, 2.05) is 0 Å². The van der Waals surface area contributed by atoms with E-state index >= 15 is 0 Å². The van der Waals surface area contributed by atoms with E-state index in [0.29, 0.717) is 26.2 Å². The molecule has 0 bridgehead atoms. The van der Waals surface area contributed by atoms with Gasteiger partial charge in [-0.3, -0.25) is 0 Å². The molecule has 0 amide bonds. The van der Waals surface area contributed by atoms with Gasteiger partial charge in [-0.15, -0.1) is 0 Å². The van der Waals surface area contributed by atoms with Crippen LogP contribution in [0.15, 0.2) is 17.0 Å². The van der Waals surface area contributed by atoms with Crippen molar-refractivity contribution < 1.29 is 17.2 Å². The van der Waals surface area contributed by atoms with Gasteiger partial charge in [-0.2, -0.15) is 0 Å². The van der Waals surface area contributed by atoms with Crippen molar-refractivity contribution in [3.05, 3.63) is 23.8 Å². The lowest BCUT2D eigenvalue weighted by atomic mass is 10.2. The number of nitrogens with one attached hydrogen (secondary N) is 1. The minimum atomic E-state index is -3.75. The monoisotopic (exact) mass is 276 g/mol. The topological polar surface area (TPSA) is 49.4 Å². The second kappa shape index (κ2) is 4.81. The summed E-state index contributed by atoms with van der Waals surface area (Å²) in [4.78, 5) is 1.10. The number of hydrogen-bond acceptors (Lipinski definition) is 4. The van der Waals surface area contributed by atoms with Gasteiger partial charge in [0.15, 0.2) is 21.5 Å². The van der Waals surface area contributed by atoms with Crippen molar-refractivity contribution >= 4 is 15.5 Å². The van der Waals surface area contributed by atoms with Crippen LogP contribution in [-0.2, 0) is 9.84 Å². The van der Waals surface area contributed by atoms with Crippen LogP contribution in [0.3, 0.4) is 0 Å². The van der Waals surface area contributed by atoms with E-state index < -0.39 is 26.4 Å². The molecule has 0 saturated carbocycles. The third-order valence-electron chi connectivity index (χ3n) is 2.88. The van der Waals surface area contributed by atoms with Crippen molar-refractivity contribution in [3.63, 3.8) is 0 Å². The molecule has 1 N–H and O–H groups in total. The van der Waals surface area contributed by atoms with Crippen LogP contribution in [0.25, 0.3) is 0 Å². The second-order valence-electron chi connectivity index (χ2n) is 4.22. The van der Waals surface area contributed by atoms with Crippen molar-refractivity contribution in [2.45, 2.75) is 4.90 Å². The summed E-state index contributed by atoms with van der Waals surface area (Å²) in [6.45, 7) is 2.51. The number of benzene rings is 1. The minimum absolute atomic E-state index is 0.112. The summed E-state index contributed by atoms with van der Waals surface area (Å²) in [6, 6.07) is 2.44. The zero-order valence-electron chi connectivity index (χ0n) is 9.91. The molecule has 7 heteroatoms. The molecular formula is C11H14F2N2O2S. The Hall–Kier alpha value is -1.21. The van der Waals surface area contributed by atoms with E-state index in [0.717, 1.165) is 12.3 Å². The fourth-order valence-electron chi connectivity index (χ4n) is 1.96. The van der Waals surface area contributed by atoms with Gasteiger partial charge in [-0.25, -0.2) is 17.2 Å². The summed E-state index contributed by atoms with van der Waals surface area (Å²) in [5.74, 6) is -2.40. The maximum absolute atomic E-state index is 13.9. The Balaban J connectivity index is 2.43. The van der Waals surface area contributed by atoms with E-state index in [9.17, 15) is 17.2 Å². The lowest BCUT2D eigenvalue weighted by Gasteiger charge is -2.29. The second-order valence-corrected chi connectivity index (χ2v) is 6.20. The highest BCUT2D eigenvalue weighted by Crippen LogP contribution is 2.26. The van der Waals surface area contributed by atoms with E-state index in [1.54, 1.807) is 4.90 Å². The summed E-state index contributed by atoms with van der Waals surface area (Å²) in [7, 11) is -3.75. The van der Waals surface area contributed by atoms with Crippen molar-refractivity contribution in [1.82, 2.24) is 5.32 Å². The Morgan fingerprint density at radius 1 is 1.17 bits per heavy atom. The van der Waals surface area contributed by atoms with Crippen molar-refractivity contribution in [2.24, 2.45) is 0 Å². The van der Waals surface area contributed by atoms with Gasteiger partial charge >= 0.3 is 0 Å². The molecule has 4 nitrogen and oxygen atoms in total. The van der Waals surface area contributed by atoms with Crippen LogP contribution in [0.4, 0.5) is 14.5 Å². The maximum atomic E-state index is 13.9. The molecule has 1 fully saturated rings. The third kappa shape index (κ3) is 2.46. The van der Waals surface area contributed by atoms with Crippen LogP contribution < -0.4 is 10.2 Å². The van der Waals surface area contributed by atoms with Crippen molar-refractivity contribution in [2.75, 3.05) is 37.3 Å². The quantitative estimate of drug-likeness (QED) is 0.867. The third-order valence-corrected chi connectivity index (χ3v) is 4.00. The zero-order valence-corrected chi connectivity index (χ0v) is 10.7. The molecule has 100 valence electrons. The summed E-state index contributed by atoms with van der Waals surface area (Å²) in [5, 5.41) is 3.10. The summed E-state index contributed by atoms with van der Waals surface area (Å²) in [6.07, 6.45) is 0.856. The van der Waals surface area contributed by atoms with Crippen LogP contribution in [0.2, 0.25) is 0 Å². The lowest BCUT2D eigenvalue weighted by Crippen LogP contribution is -2.44. The molecule has 0 radical (unpaired) electrons. The molecule has 0 unspecified atom stereocenters. The molecule has 2 rings (SSSR count). The fraction of sp³-hybridized carbons (Fsp3) is 0.455.